The van der Waals surface area contributed by atoms with Gasteiger partial charge in [-0.25, -0.2) is 0 Å². The van der Waals surface area contributed by atoms with E-state index in [4.69, 9.17) is 34.4 Å². The Morgan fingerprint density at radius 1 is 0.545 bits per heavy atom. The Balaban J connectivity index is 2.47. The number of carbonyl (C=O) groups is 2. The Hall–Kier alpha value is -3.42. The zero-order valence-corrected chi connectivity index (χ0v) is 11.4. The van der Waals surface area contributed by atoms with Gasteiger partial charge in [0.1, 0.15) is 0 Å². The van der Waals surface area contributed by atoms with Crippen LogP contribution in [-0.2, 0) is 0 Å². The van der Waals surface area contributed by atoms with Crippen LogP contribution in [0.5, 0.6) is 0 Å². The predicted molar refractivity (Wildman–Crippen MR) is 86.2 cm³/mol. The summed E-state index contributed by atoms with van der Waals surface area (Å²) in [5.74, 6) is -1.04. The van der Waals surface area contributed by atoms with Crippen LogP contribution in [-0.4, -0.2) is 11.6 Å². The Morgan fingerprint density at radius 3 is 1.59 bits per heavy atom. The predicted octanol–water partition coefficient (Wildman–Crippen LogP) is -0.0448. The lowest BCUT2D eigenvalue weighted by Gasteiger charge is -2.24. The molecule has 0 aliphatic heterocycles. The van der Waals surface area contributed by atoms with Crippen molar-refractivity contribution in [3.05, 3.63) is 34.4 Å². The third-order valence-corrected chi connectivity index (χ3v) is 3.86. The van der Waals surface area contributed by atoms with Gasteiger partial charge in [-0.3, -0.25) is 9.59 Å². The van der Waals surface area contributed by atoms with Gasteiger partial charge < -0.3 is 34.4 Å². The first kappa shape index (κ1) is 13.6. The molecule has 2 aromatic carbocycles. The summed E-state index contributed by atoms with van der Waals surface area (Å²) in [6.45, 7) is 0. The summed E-state index contributed by atoms with van der Waals surface area (Å²) in [5, 5.41) is 0. The van der Waals surface area contributed by atoms with E-state index in [0.29, 0.717) is 0 Å². The van der Waals surface area contributed by atoms with E-state index in [1.807, 2.05) is 0 Å². The highest BCUT2D eigenvalue weighted by Gasteiger charge is 2.37. The Labute approximate surface area is 125 Å². The van der Waals surface area contributed by atoms with Crippen molar-refractivity contribution < 1.29 is 9.59 Å². The average molecular weight is 298 g/mol. The second kappa shape index (κ2) is 4.04. The Kier molecular flexibility index (Phi) is 2.49. The molecule has 0 amide bonds. The number of nitrogen functional groups attached to an aromatic ring is 6. The third kappa shape index (κ3) is 1.40. The van der Waals surface area contributed by atoms with E-state index < -0.39 is 11.6 Å². The maximum absolute atomic E-state index is 12.7. The maximum atomic E-state index is 12.7. The molecule has 0 aromatic heterocycles. The van der Waals surface area contributed by atoms with Crippen LogP contribution in [0.1, 0.15) is 31.8 Å². The van der Waals surface area contributed by atoms with E-state index in [9.17, 15) is 9.59 Å². The van der Waals surface area contributed by atoms with E-state index in [1.54, 1.807) is 0 Å². The molecule has 12 N–H and O–H groups in total. The molecule has 0 radical (unpaired) electrons. The van der Waals surface area contributed by atoms with E-state index in [-0.39, 0.29) is 56.4 Å². The summed E-state index contributed by atoms with van der Waals surface area (Å²) in [4.78, 5) is 25.4. The molecule has 0 bridgehead atoms. The molecule has 1 aliphatic rings. The first-order valence-electron chi connectivity index (χ1n) is 6.30. The molecule has 0 heterocycles. The van der Waals surface area contributed by atoms with Crippen LogP contribution in [0.4, 0.5) is 34.1 Å². The molecule has 0 atom stereocenters. The van der Waals surface area contributed by atoms with Crippen LogP contribution in [0.15, 0.2) is 12.1 Å². The molecule has 0 saturated heterocycles. The lowest BCUT2D eigenvalue weighted by atomic mass is 9.80. The summed E-state index contributed by atoms with van der Waals surface area (Å²) < 4.78 is 0. The minimum atomic E-state index is -0.551. The van der Waals surface area contributed by atoms with Crippen LogP contribution < -0.4 is 34.4 Å². The molecule has 1 aliphatic carbocycles. The monoisotopic (exact) mass is 298 g/mol. The molecule has 112 valence electrons. The molecule has 0 spiro atoms. The van der Waals surface area contributed by atoms with Crippen molar-refractivity contribution in [3.63, 3.8) is 0 Å². The Morgan fingerprint density at radius 2 is 1.05 bits per heavy atom. The maximum Gasteiger partial charge on any atom is 0.198 e. The van der Waals surface area contributed by atoms with Crippen molar-refractivity contribution in [3.8, 4) is 0 Å². The minimum Gasteiger partial charge on any atom is -0.397 e. The average Bonchev–Trinajstić information content (AvgIpc) is 2.49. The molecule has 3 rings (SSSR count). The van der Waals surface area contributed by atoms with Crippen molar-refractivity contribution >= 4 is 45.7 Å². The number of hydrogen-bond acceptors (Lipinski definition) is 8. The highest BCUT2D eigenvalue weighted by molar-refractivity contribution is 6.35. The van der Waals surface area contributed by atoms with Crippen molar-refractivity contribution in [2.45, 2.75) is 0 Å². The molecule has 0 saturated carbocycles. The van der Waals surface area contributed by atoms with Gasteiger partial charge in [0.25, 0.3) is 0 Å². The van der Waals surface area contributed by atoms with Gasteiger partial charge >= 0.3 is 0 Å². The topological polar surface area (TPSA) is 190 Å². The van der Waals surface area contributed by atoms with Crippen molar-refractivity contribution in [1.29, 1.82) is 0 Å². The number of hydrogen-bond donors (Lipinski definition) is 6. The van der Waals surface area contributed by atoms with Gasteiger partial charge in [-0.2, -0.15) is 0 Å². The first-order chi connectivity index (χ1) is 10.3. The van der Waals surface area contributed by atoms with E-state index in [2.05, 4.69) is 0 Å². The molecule has 0 fully saturated rings. The number of anilines is 6. The molecule has 22 heavy (non-hydrogen) atoms. The molecule has 2 aromatic rings. The lowest BCUT2D eigenvalue weighted by Crippen LogP contribution is -2.26. The smallest absolute Gasteiger partial charge is 0.198 e. The number of benzene rings is 2. The summed E-state index contributed by atoms with van der Waals surface area (Å²) in [5.41, 5.74) is 34.8. The summed E-state index contributed by atoms with van der Waals surface area (Å²) in [6.07, 6.45) is 0. The zero-order chi connectivity index (χ0) is 16.3. The number of rotatable bonds is 0. The zero-order valence-electron chi connectivity index (χ0n) is 11.4. The largest absolute Gasteiger partial charge is 0.397 e. The fourth-order valence-corrected chi connectivity index (χ4v) is 2.63. The molecule has 0 unspecified atom stereocenters. The van der Waals surface area contributed by atoms with Crippen LogP contribution in [0, 0.1) is 0 Å². The van der Waals surface area contributed by atoms with Gasteiger partial charge in [-0.05, 0) is 12.1 Å². The second-order valence-electron chi connectivity index (χ2n) is 5.05. The van der Waals surface area contributed by atoms with Gasteiger partial charge in [-0.1, -0.05) is 0 Å². The highest BCUT2D eigenvalue weighted by atomic mass is 16.1. The number of ketones is 2. The van der Waals surface area contributed by atoms with Gasteiger partial charge in [0.15, 0.2) is 11.6 Å². The molecule has 8 nitrogen and oxygen atoms in total. The van der Waals surface area contributed by atoms with Crippen molar-refractivity contribution in [1.82, 2.24) is 0 Å². The molecule has 8 heteroatoms. The number of nitrogens with two attached hydrogens (primary N) is 6. The van der Waals surface area contributed by atoms with Crippen molar-refractivity contribution in [2.24, 2.45) is 0 Å². The summed E-state index contributed by atoms with van der Waals surface area (Å²) in [6, 6.07) is 2.87. The quantitative estimate of drug-likeness (QED) is 0.311. The van der Waals surface area contributed by atoms with Crippen molar-refractivity contribution in [2.75, 3.05) is 34.4 Å². The van der Waals surface area contributed by atoms with Gasteiger partial charge in [0.2, 0.25) is 0 Å². The van der Waals surface area contributed by atoms with Gasteiger partial charge in [-0.15, -0.1) is 0 Å². The summed E-state index contributed by atoms with van der Waals surface area (Å²) >= 11 is 0. The first-order valence-corrected chi connectivity index (χ1v) is 6.30. The fourth-order valence-electron chi connectivity index (χ4n) is 2.63. The Bertz CT molecular complexity index is 888. The van der Waals surface area contributed by atoms with Gasteiger partial charge in [0, 0.05) is 5.56 Å². The van der Waals surface area contributed by atoms with Crippen LogP contribution in [0.25, 0.3) is 0 Å². The minimum absolute atomic E-state index is 0.00720. The second-order valence-corrected chi connectivity index (χ2v) is 5.05. The molecular formula is C14H14N6O2. The van der Waals surface area contributed by atoms with Crippen LogP contribution >= 0.6 is 0 Å². The van der Waals surface area contributed by atoms with E-state index >= 15 is 0 Å². The van der Waals surface area contributed by atoms with Crippen LogP contribution in [0.2, 0.25) is 0 Å². The van der Waals surface area contributed by atoms with E-state index in [1.165, 1.54) is 12.1 Å². The number of fused-ring (bicyclic) bond motifs is 2. The fraction of sp³-hybridized carbons (Fsp3) is 0. The van der Waals surface area contributed by atoms with Gasteiger partial charge in [0.05, 0.1) is 50.8 Å². The normalized spacial score (nSPS) is 12.9. The standard InChI is InChI=1S/C14H14N6O2/c15-4-2-1-3-5(8(4)16)14(22)7-6(13(3)21)9(17)11(19)12(20)10(7)18/h1-2H,15-20H2. The van der Waals surface area contributed by atoms with Crippen LogP contribution in [0.3, 0.4) is 0 Å². The third-order valence-electron chi connectivity index (χ3n) is 3.86. The lowest BCUT2D eigenvalue weighted by molar-refractivity contribution is 0.0981. The number of carbonyl (C=O) groups excluding carboxylic acids is 2. The van der Waals surface area contributed by atoms with E-state index in [0.717, 1.165) is 0 Å². The SMILES string of the molecule is Nc1ccc2c(c1N)C(=O)c1c(N)c(N)c(N)c(N)c1C2=O. The molecular weight excluding hydrogens is 284 g/mol. The summed E-state index contributed by atoms with van der Waals surface area (Å²) in [7, 11) is 0. The highest BCUT2D eigenvalue weighted by Crippen LogP contribution is 2.43.